The molecule has 7 heteroatoms. The van der Waals surface area contributed by atoms with Gasteiger partial charge < -0.3 is 20.9 Å². The van der Waals surface area contributed by atoms with Crippen molar-refractivity contribution in [3.05, 3.63) is 42.2 Å². The Morgan fingerprint density at radius 1 is 1.52 bits per heavy atom. The molecule has 1 aromatic carbocycles. The van der Waals surface area contributed by atoms with Crippen molar-refractivity contribution in [1.29, 1.82) is 0 Å². The van der Waals surface area contributed by atoms with Gasteiger partial charge in [0.25, 0.3) is 5.91 Å². The fourth-order valence-electron chi connectivity index (χ4n) is 1.86. The summed E-state index contributed by atoms with van der Waals surface area (Å²) in [7, 11) is 1.50. The van der Waals surface area contributed by atoms with Gasteiger partial charge in [-0.3, -0.25) is 4.79 Å². The molecule has 1 unspecified atom stereocenters. The number of aliphatic hydroxyl groups excluding tert-OH is 1. The zero-order chi connectivity index (χ0) is 15.2. The number of carbonyl (C=O) groups excluding carboxylic acids is 1. The summed E-state index contributed by atoms with van der Waals surface area (Å²) >= 11 is 0. The molecular weight excluding hydrogens is 272 g/mol. The van der Waals surface area contributed by atoms with Crippen molar-refractivity contribution in [2.75, 3.05) is 26.1 Å². The summed E-state index contributed by atoms with van der Waals surface area (Å²) < 4.78 is 6.47. The van der Waals surface area contributed by atoms with Crippen LogP contribution in [0.25, 0.3) is 5.69 Å². The Kier molecular flexibility index (Phi) is 4.91. The smallest absolute Gasteiger partial charge is 0.272 e. The Labute approximate surface area is 122 Å². The lowest BCUT2D eigenvalue weighted by molar-refractivity contribution is 0.0834. The minimum absolute atomic E-state index is 0.199. The molecule has 2 rings (SSSR count). The molecule has 0 fully saturated rings. The Morgan fingerprint density at radius 2 is 2.33 bits per heavy atom. The van der Waals surface area contributed by atoms with E-state index in [4.69, 9.17) is 15.6 Å². The average Bonchev–Trinajstić information content (AvgIpc) is 2.96. The van der Waals surface area contributed by atoms with Crippen LogP contribution in [0, 0.1) is 0 Å². The molecule has 0 aliphatic heterocycles. The normalized spacial score (nSPS) is 12.1. The summed E-state index contributed by atoms with van der Waals surface area (Å²) in [5.41, 5.74) is 7.36. The lowest BCUT2D eigenvalue weighted by atomic mass is 10.3. The van der Waals surface area contributed by atoms with Crippen molar-refractivity contribution >= 4 is 11.6 Å². The number of amides is 1. The number of methoxy groups -OCH3 is 1. The SMILES string of the molecule is COCC(CO)NC(=O)c1ccn(-c2cccc(N)c2)n1. The number of aromatic nitrogens is 2. The van der Waals surface area contributed by atoms with E-state index in [1.165, 1.54) is 7.11 Å². The number of carbonyl (C=O) groups is 1. The van der Waals surface area contributed by atoms with Gasteiger partial charge in [-0.15, -0.1) is 0 Å². The maximum atomic E-state index is 12.0. The molecule has 4 N–H and O–H groups in total. The number of benzene rings is 1. The Hall–Kier alpha value is -2.38. The van der Waals surface area contributed by atoms with Gasteiger partial charge in [-0.05, 0) is 24.3 Å². The van der Waals surface area contributed by atoms with Crippen LogP contribution in [0.2, 0.25) is 0 Å². The fourth-order valence-corrected chi connectivity index (χ4v) is 1.86. The maximum absolute atomic E-state index is 12.0. The lowest BCUT2D eigenvalue weighted by Gasteiger charge is -2.13. The Balaban J connectivity index is 2.10. The molecule has 0 radical (unpaired) electrons. The minimum atomic E-state index is -0.458. The predicted molar refractivity (Wildman–Crippen MR) is 78.2 cm³/mol. The lowest BCUT2D eigenvalue weighted by Crippen LogP contribution is -2.40. The number of hydrogen-bond acceptors (Lipinski definition) is 5. The van der Waals surface area contributed by atoms with Crippen LogP contribution in [0.15, 0.2) is 36.5 Å². The molecule has 0 bridgehead atoms. The second kappa shape index (κ2) is 6.87. The quantitative estimate of drug-likeness (QED) is 0.659. The van der Waals surface area contributed by atoms with E-state index in [2.05, 4.69) is 10.4 Å². The van der Waals surface area contributed by atoms with Gasteiger partial charge in [0.05, 0.1) is 24.9 Å². The highest BCUT2D eigenvalue weighted by Crippen LogP contribution is 2.11. The van der Waals surface area contributed by atoms with Crippen molar-refractivity contribution in [2.45, 2.75) is 6.04 Å². The van der Waals surface area contributed by atoms with Crippen molar-refractivity contribution in [2.24, 2.45) is 0 Å². The summed E-state index contributed by atoms with van der Waals surface area (Å²) in [4.78, 5) is 12.0. The molecule has 1 aromatic heterocycles. The standard InChI is InChI=1S/C14H18N4O3/c1-21-9-11(8-19)16-14(20)13-5-6-18(17-13)12-4-2-3-10(15)7-12/h2-7,11,19H,8-9,15H2,1H3,(H,16,20). The van der Waals surface area contributed by atoms with Gasteiger partial charge in [0.1, 0.15) is 0 Å². The summed E-state index contributed by atoms with van der Waals surface area (Å²) in [6.07, 6.45) is 1.67. The van der Waals surface area contributed by atoms with Gasteiger partial charge in [-0.1, -0.05) is 6.07 Å². The van der Waals surface area contributed by atoms with Crippen molar-refractivity contribution in [1.82, 2.24) is 15.1 Å². The number of hydrogen-bond donors (Lipinski definition) is 3. The number of ether oxygens (including phenoxy) is 1. The second-order valence-electron chi connectivity index (χ2n) is 4.55. The van der Waals surface area contributed by atoms with E-state index in [1.807, 2.05) is 12.1 Å². The molecule has 7 nitrogen and oxygen atoms in total. The maximum Gasteiger partial charge on any atom is 0.272 e. The van der Waals surface area contributed by atoms with Gasteiger partial charge >= 0.3 is 0 Å². The van der Waals surface area contributed by atoms with Crippen LogP contribution in [0.5, 0.6) is 0 Å². The second-order valence-corrected chi connectivity index (χ2v) is 4.55. The number of nitrogens with zero attached hydrogens (tertiary/aromatic N) is 2. The zero-order valence-electron chi connectivity index (χ0n) is 11.7. The average molecular weight is 290 g/mol. The van der Waals surface area contributed by atoms with E-state index in [0.29, 0.717) is 5.69 Å². The first-order valence-corrected chi connectivity index (χ1v) is 6.46. The first-order valence-electron chi connectivity index (χ1n) is 6.46. The monoisotopic (exact) mass is 290 g/mol. The summed E-state index contributed by atoms with van der Waals surface area (Å²) in [6, 6.07) is 8.33. The van der Waals surface area contributed by atoms with E-state index in [1.54, 1.807) is 29.1 Å². The van der Waals surface area contributed by atoms with Gasteiger partial charge in [-0.2, -0.15) is 5.10 Å². The van der Waals surface area contributed by atoms with E-state index in [-0.39, 0.29) is 24.8 Å². The molecule has 1 amide bonds. The van der Waals surface area contributed by atoms with Gasteiger partial charge in [-0.25, -0.2) is 4.68 Å². The minimum Gasteiger partial charge on any atom is -0.399 e. The molecule has 0 aliphatic rings. The highest BCUT2D eigenvalue weighted by molar-refractivity contribution is 5.92. The zero-order valence-corrected chi connectivity index (χ0v) is 11.7. The predicted octanol–water partition coefficient (Wildman–Crippen LogP) is 0.192. The number of nitrogen functional groups attached to an aromatic ring is 1. The first-order chi connectivity index (χ1) is 10.1. The van der Waals surface area contributed by atoms with Crippen LogP contribution in [-0.4, -0.2) is 47.2 Å². The van der Waals surface area contributed by atoms with E-state index in [0.717, 1.165) is 5.69 Å². The number of nitrogens with one attached hydrogen (secondary N) is 1. The number of rotatable bonds is 6. The van der Waals surface area contributed by atoms with Crippen LogP contribution < -0.4 is 11.1 Å². The van der Waals surface area contributed by atoms with E-state index >= 15 is 0 Å². The molecule has 0 saturated carbocycles. The highest BCUT2D eigenvalue weighted by atomic mass is 16.5. The molecule has 1 atom stereocenters. The van der Waals surface area contributed by atoms with Crippen molar-refractivity contribution in [3.63, 3.8) is 0 Å². The summed E-state index contributed by atoms with van der Waals surface area (Å²) in [5.74, 6) is -0.367. The van der Waals surface area contributed by atoms with Crippen LogP contribution in [0.3, 0.4) is 0 Å². The molecule has 112 valence electrons. The van der Waals surface area contributed by atoms with E-state index < -0.39 is 6.04 Å². The summed E-state index contributed by atoms with van der Waals surface area (Å²) in [5, 5.41) is 16.0. The van der Waals surface area contributed by atoms with Gasteiger partial charge in [0, 0.05) is 19.0 Å². The molecule has 2 aromatic rings. The van der Waals surface area contributed by atoms with Crippen LogP contribution in [0.1, 0.15) is 10.5 Å². The van der Waals surface area contributed by atoms with Crippen molar-refractivity contribution < 1.29 is 14.6 Å². The number of aliphatic hydroxyl groups is 1. The molecule has 1 heterocycles. The third-order valence-electron chi connectivity index (χ3n) is 2.88. The van der Waals surface area contributed by atoms with Crippen LogP contribution in [0.4, 0.5) is 5.69 Å². The first kappa shape index (κ1) is 15.0. The number of anilines is 1. The van der Waals surface area contributed by atoms with E-state index in [9.17, 15) is 4.79 Å². The highest BCUT2D eigenvalue weighted by Gasteiger charge is 2.15. The molecular formula is C14H18N4O3. The molecule has 21 heavy (non-hydrogen) atoms. The summed E-state index contributed by atoms with van der Waals surface area (Å²) in [6.45, 7) is 0.0354. The Morgan fingerprint density at radius 3 is 3.00 bits per heavy atom. The number of nitrogens with two attached hydrogens (primary N) is 1. The van der Waals surface area contributed by atoms with Crippen molar-refractivity contribution in [3.8, 4) is 5.69 Å². The largest absolute Gasteiger partial charge is 0.399 e. The fraction of sp³-hybridized carbons (Fsp3) is 0.286. The molecule has 0 saturated heterocycles. The van der Waals surface area contributed by atoms with Crippen LogP contribution in [-0.2, 0) is 4.74 Å². The Bertz CT molecular complexity index is 612. The van der Waals surface area contributed by atoms with Gasteiger partial charge in [0.15, 0.2) is 5.69 Å². The third-order valence-corrected chi connectivity index (χ3v) is 2.88. The topological polar surface area (TPSA) is 102 Å². The molecule has 0 spiro atoms. The molecule has 0 aliphatic carbocycles. The van der Waals surface area contributed by atoms with Crippen LogP contribution >= 0.6 is 0 Å². The van der Waals surface area contributed by atoms with Gasteiger partial charge in [0.2, 0.25) is 0 Å². The third kappa shape index (κ3) is 3.80.